The molecule has 0 spiro atoms. The molecule has 2 saturated heterocycles. The standard InChI is InChI=1S/C52H74BrN7O8S/c1-13-42(61)38-20-17-23-59(38)47(64)40(27-34-18-15-14-16-19-34)58(11)46(63)37(24-31(2)3)55-50(67)52(9)30-69-44(56-52)39-25-32(4)29-60(39)48(65)41(28-35-21-22-43(68-12)36(53)26-35)57(10)45(62)33(5)54-49(66)51(6,7)8/h14-16,18-19,21-22,26,31-33,37-41H,13,17,20,23-25,27-30H2,1-12H3,(H,54,66)(H,55,67)/t32-,33-,37+,38-,39-,40-,41+,52-/m0/s1. The number of rotatable bonds is 19. The molecule has 0 aliphatic carbocycles. The molecule has 6 amide bonds. The SMILES string of the molecule is CCC(=O)[C@@H]1CCCN1C(=O)[C@H](Cc1ccccc1)N(C)C(=O)[C@@H](CC(C)C)NC(=O)[C@]1(C)CSC([C@@H]2C[C@H](C)CN2C(=O)[C@@H](Cc2ccc(OC)c(Br)c2)N(C)C(=O)[C@H](C)NC(=O)C(C)(C)C)=N1. The van der Waals surface area contributed by atoms with E-state index in [1.54, 1.807) is 78.6 Å². The summed E-state index contributed by atoms with van der Waals surface area (Å²) in [4.78, 5) is 110. The van der Waals surface area contributed by atoms with Crippen molar-refractivity contribution < 1.29 is 38.3 Å². The van der Waals surface area contributed by atoms with Gasteiger partial charge in [-0.25, -0.2) is 0 Å². The molecule has 69 heavy (non-hydrogen) atoms. The van der Waals surface area contributed by atoms with Crippen LogP contribution in [0, 0.1) is 17.3 Å². The van der Waals surface area contributed by atoms with Crippen molar-refractivity contribution in [2.75, 3.05) is 40.0 Å². The van der Waals surface area contributed by atoms with Crippen LogP contribution >= 0.6 is 27.7 Å². The van der Waals surface area contributed by atoms with Gasteiger partial charge < -0.3 is 35.0 Å². The molecule has 3 aliphatic rings. The Kier molecular flexibility index (Phi) is 18.7. The number of ether oxygens (including phenoxy) is 1. The highest BCUT2D eigenvalue weighted by molar-refractivity contribution is 9.10. The summed E-state index contributed by atoms with van der Waals surface area (Å²) >= 11 is 4.97. The maximum absolute atomic E-state index is 15.1. The summed E-state index contributed by atoms with van der Waals surface area (Å²) in [6.07, 6.45) is 2.90. The minimum Gasteiger partial charge on any atom is -0.496 e. The van der Waals surface area contributed by atoms with Gasteiger partial charge in [-0.15, -0.1) is 11.8 Å². The molecule has 2 N–H and O–H groups in total. The molecule has 0 aromatic heterocycles. The van der Waals surface area contributed by atoms with Gasteiger partial charge in [0.1, 0.15) is 35.5 Å². The lowest BCUT2D eigenvalue weighted by Gasteiger charge is -2.36. The summed E-state index contributed by atoms with van der Waals surface area (Å²) in [6.45, 7) is 17.3. The molecule has 0 bridgehead atoms. The molecule has 2 aromatic rings. The Balaban J connectivity index is 1.40. The first-order chi connectivity index (χ1) is 32.4. The van der Waals surface area contributed by atoms with Crippen LogP contribution in [-0.2, 0) is 46.4 Å². The first-order valence-electron chi connectivity index (χ1n) is 24.3. The van der Waals surface area contributed by atoms with Crippen molar-refractivity contribution in [2.45, 2.75) is 149 Å². The van der Waals surface area contributed by atoms with Gasteiger partial charge in [0.25, 0.3) is 0 Å². The van der Waals surface area contributed by atoms with Crippen molar-refractivity contribution in [3.05, 3.63) is 64.1 Å². The van der Waals surface area contributed by atoms with Crippen LogP contribution in [-0.4, -0.2) is 148 Å². The molecule has 5 rings (SSSR count). The van der Waals surface area contributed by atoms with Crippen LogP contribution < -0.4 is 15.4 Å². The number of likely N-dealkylation sites (N-methyl/N-ethyl adjacent to an activating group) is 2. The van der Waals surface area contributed by atoms with Crippen LogP contribution in [0.25, 0.3) is 0 Å². The summed E-state index contributed by atoms with van der Waals surface area (Å²) in [5, 5.41) is 6.49. The third-order valence-corrected chi connectivity index (χ3v) is 15.5. The van der Waals surface area contributed by atoms with E-state index in [0.717, 1.165) is 11.1 Å². The number of nitrogens with one attached hydrogen (secondary N) is 2. The lowest BCUT2D eigenvalue weighted by Crippen LogP contribution is -2.58. The largest absolute Gasteiger partial charge is 0.496 e. The number of thioether (sulfide) groups is 1. The molecular weight excluding hydrogens is 963 g/mol. The van der Waals surface area contributed by atoms with Crippen molar-refractivity contribution in [2.24, 2.45) is 22.2 Å². The number of ketones is 1. The highest BCUT2D eigenvalue weighted by atomic mass is 79.9. The summed E-state index contributed by atoms with van der Waals surface area (Å²) in [5.41, 5.74) is -0.379. The number of nitrogens with zero attached hydrogens (tertiary/aromatic N) is 5. The molecule has 3 heterocycles. The number of aliphatic imine (C=N–C) groups is 1. The normalized spacial score (nSPS) is 22.1. The van der Waals surface area contributed by atoms with Crippen molar-refractivity contribution in [1.82, 2.24) is 30.2 Å². The van der Waals surface area contributed by atoms with E-state index in [9.17, 15) is 28.8 Å². The van der Waals surface area contributed by atoms with Crippen LogP contribution in [0.5, 0.6) is 5.75 Å². The van der Waals surface area contributed by atoms with E-state index >= 15 is 4.79 Å². The number of Topliss-reactive ketones (excluding diaryl/α,β-unsaturated/α-hetero) is 1. The number of hydrogen-bond donors (Lipinski definition) is 2. The summed E-state index contributed by atoms with van der Waals surface area (Å²) in [5.74, 6) is -1.18. The maximum atomic E-state index is 15.1. The molecule has 2 aromatic carbocycles. The maximum Gasteiger partial charge on any atom is 0.249 e. The molecule has 378 valence electrons. The number of benzene rings is 2. The smallest absolute Gasteiger partial charge is 0.249 e. The zero-order chi connectivity index (χ0) is 51.1. The minimum absolute atomic E-state index is 0.000151. The zero-order valence-electron chi connectivity index (χ0n) is 42.6. The van der Waals surface area contributed by atoms with E-state index in [0.29, 0.717) is 60.5 Å². The van der Waals surface area contributed by atoms with Crippen LogP contribution in [0.3, 0.4) is 0 Å². The predicted octanol–water partition coefficient (Wildman–Crippen LogP) is 6.09. The molecule has 0 unspecified atom stereocenters. The highest BCUT2D eigenvalue weighted by Gasteiger charge is 2.48. The molecule has 0 radical (unpaired) electrons. The van der Waals surface area contributed by atoms with Crippen LogP contribution in [0.15, 0.2) is 58.0 Å². The van der Waals surface area contributed by atoms with Crippen molar-refractivity contribution in [1.29, 1.82) is 0 Å². The van der Waals surface area contributed by atoms with Gasteiger partial charge in [-0.2, -0.15) is 0 Å². The second kappa shape index (κ2) is 23.4. The summed E-state index contributed by atoms with van der Waals surface area (Å²) in [7, 11) is 4.76. The molecule has 15 nitrogen and oxygen atoms in total. The first kappa shape index (κ1) is 55.2. The first-order valence-corrected chi connectivity index (χ1v) is 26.1. The Labute approximate surface area is 421 Å². The lowest BCUT2D eigenvalue weighted by molar-refractivity contribution is -0.148. The number of likely N-dealkylation sites (tertiary alicyclic amines) is 2. The van der Waals surface area contributed by atoms with Gasteiger partial charge in [0.15, 0.2) is 5.78 Å². The van der Waals surface area contributed by atoms with Crippen molar-refractivity contribution >= 4 is 74.0 Å². The van der Waals surface area contributed by atoms with Crippen molar-refractivity contribution in [3.8, 4) is 5.75 Å². The Morgan fingerprint density at radius 3 is 2.13 bits per heavy atom. The third-order valence-electron chi connectivity index (χ3n) is 13.5. The van der Waals surface area contributed by atoms with E-state index in [1.807, 2.05) is 56.3 Å². The van der Waals surface area contributed by atoms with Gasteiger partial charge in [-0.3, -0.25) is 38.6 Å². The lowest BCUT2D eigenvalue weighted by atomic mass is 9.95. The average molecular weight is 1040 g/mol. The quantitative estimate of drug-likeness (QED) is 0.169. The third kappa shape index (κ3) is 13.4. The molecule has 17 heteroatoms. The van der Waals surface area contributed by atoms with Crippen molar-refractivity contribution in [3.63, 3.8) is 0 Å². The van der Waals surface area contributed by atoms with E-state index in [2.05, 4.69) is 33.5 Å². The molecule has 2 fully saturated rings. The Hall–Kier alpha value is -4.77. The highest BCUT2D eigenvalue weighted by Crippen LogP contribution is 2.37. The van der Waals surface area contributed by atoms with Gasteiger partial charge in [0.05, 0.1) is 28.7 Å². The molecule has 0 saturated carbocycles. The van der Waals surface area contributed by atoms with Gasteiger partial charge in [-0.1, -0.05) is 84.9 Å². The van der Waals surface area contributed by atoms with Gasteiger partial charge >= 0.3 is 0 Å². The van der Waals surface area contributed by atoms with E-state index in [-0.39, 0.29) is 53.9 Å². The van der Waals surface area contributed by atoms with E-state index in [1.165, 1.54) is 21.6 Å². The number of amides is 6. The Morgan fingerprint density at radius 1 is 0.913 bits per heavy atom. The molecular formula is C52H74BrN7O8S. The van der Waals surface area contributed by atoms with E-state index < -0.39 is 64.9 Å². The summed E-state index contributed by atoms with van der Waals surface area (Å²) in [6, 6.07) is 10.2. The second-order valence-electron chi connectivity index (χ2n) is 20.8. The topological polar surface area (TPSA) is 178 Å². The zero-order valence-corrected chi connectivity index (χ0v) is 45.0. The van der Waals surface area contributed by atoms with E-state index in [4.69, 9.17) is 9.73 Å². The Bertz CT molecular complexity index is 2250. The predicted molar refractivity (Wildman–Crippen MR) is 274 cm³/mol. The average Bonchev–Trinajstić information content (AvgIpc) is 4.07. The molecule has 3 aliphatic heterocycles. The number of halogens is 1. The Morgan fingerprint density at radius 2 is 1.54 bits per heavy atom. The number of methoxy groups -OCH3 is 1. The van der Waals surface area contributed by atoms with Crippen LogP contribution in [0.2, 0.25) is 0 Å². The fourth-order valence-corrected chi connectivity index (χ4v) is 11.2. The second-order valence-corrected chi connectivity index (χ2v) is 22.6. The fourth-order valence-electron chi connectivity index (χ4n) is 9.33. The fraction of sp³-hybridized carbons (Fsp3) is 0.615. The molecule has 8 atom stereocenters. The van der Waals surface area contributed by atoms with Gasteiger partial charge in [0, 0.05) is 57.6 Å². The minimum atomic E-state index is -1.29. The number of carbonyl (C=O) groups excluding carboxylic acids is 7. The number of carbonyl (C=O) groups is 7. The van der Waals surface area contributed by atoms with Gasteiger partial charge in [0.2, 0.25) is 35.4 Å². The van der Waals surface area contributed by atoms with Gasteiger partial charge in [-0.05, 0) is 90.6 Å². The monoisotopic (exact) mass is 1040 g/mol. The van der Waals surface area contributed by atoms with Crippen LogP contribution in [0.4, 0.5) is 0 Å². The summed E-state index contributed by atoms with van der Waals surface area (Å²) < 4.78 is 6.14. The van der Waals surface area contributed by atoms with Crippen LogP contribution in [0.1, 0.15) is 106 Å². The number of hydrogen-bond acceptors (Lipinski definition) is 10.